The van der Waals surface area contributed by atoms with Crippen molar-refractivity contribution in [1.29, 1.82) is 0 Å². The molecular formula is C21H31O4P. The van der Waals surface area contributed by atoms with Crippen LogP contribution in [0, 0.1) is 38.5 Å². The largest absolute Gasteiger partial charge is 0.464 e. The number of hydrogen-bond acceptors (Lipinski definition) is 4. The molecule has 1 aromatic carbocycles. The smallest absolute Gasteiger partial charge is 0.324 e. The van der Waals surface area contributed by atoms with Crippen LogP contribution in [0.25, 0.3) is 0 Å². The molecule has 4 nitrogen and oxygen atoms in total. The van der Waals surface area contributed by atoms with Gasteiger partial charge in [-0.1, -0.05) is 45.4 Å². The molecule has 0 spiro atoms. The number of ketones is 1. The summed E-state index contributed by atoms with van der Waals surface area (Å²) in [6.45, 7) is 15.2. The second-order valence-electron chi connectivity index (χ2n) is 8.09. The summed E-state index contributed by atoms with van der Waals surface area (Å²) in [6.07, 6.45) is 0. The number of hydrogen-bond donors (Lipinski definition) is 0. The molecule has 2 atom stereocenters. The number of benzene rings is 1. The van der Waals surface area contributed by atoms with E-state index in [4.69, 9.17) is 4.74 Å². The Kier molecular flexibility index (Phi) is 7.70. The third kappa shape index (κ3) is 4.79. The Balaban J connectivity index is 3.39. The van der Waals surface area contributed by atoms with Crippen LogP contribution in [-0.2, 0) is 14.1 Å². The minimum Gasteiger partial charge on any atom is -0.464 e. The van der Waals surface area contributed by atoms with Crippen LogP contribution in [0.15, 0.2) is 12.1 Å². The molecule has 0 aliphatic rings. The first-order chi connectivity index (χ1) is 12.0. The number of carbonyl (C=O) groups is 2. The molecule has 1 rings (SSSR count). The molecule has 0 aliphatic heterocycles. The highest BCUT2D eigenvalue weighted by Crippen LogP contribution is 2.40. The van der Waals surface area contributed by atoms with Crippen molar-refractivity contribution < 1.29 is 18.9 Å². The third-order valence-corrected chi connectivity index (χ3v) is 5.47. The summed E-state index contributed by atoms with van der Waals surface area (Å²) in [7, 11) is -0.398. The molecule has 0 radical (unpaired) electrons. The maximum absolute atomic E-state index is 13.4. The van der Waals surface area contributed by atoms with Crippen molar-refractivity contribution in [2.75, 3.05) is 6.61 Å². The second-order valence-corrected chi connectivity index (χ2v) is 9.20. The first kappa shape index (κ1) is 22.5. The van der Waals surface area contributed by atoms with Crippen molar-refractivity contribution in [3.05, 3.63) is 34.4 Å². The molecule has 0 heterocycles. The molecule has 0 aromatic heterocycles. The Bertz CT molecular complexity index is 670. The molecule has 0 fully saturated rings. The predicted molar refractivity (Wildman–Crippen MR) is 105 cm³/mol. The van der Waals surface area contributed by atoms with Gasteiger partial charge in [-0.05, 0) is 50.7 Å². The van der Waals surface area contributed by atoms with E-state index in [1.165, 1.54) is 0 Å². The molecule has 0 saturated carbocycles. The Labute approximate surface area is 158 Å². The Morgan fingerprint density at radius 2 is 1.58 bits per heavy atom. The fourth-order valence-electron chi connectivity index (χ4n) is 3.54. The highest BCUT2D eigenvalue weighted by Gasteiger charge is 2.49. The van der Waals surface area contributed by atoms with Gasteiger partial charge >= 0.3 is 5.97 Å². The maximum atomic E-state index is 13.4. The van der Waals surface area contributed by atoms with Gasteiger partial charge in [-0.25, -0.2) is 0 Å². The van der Waals surface area contributed by atoms with Gasteiger partial charge in [0, 0.05) is 5.56 Å². The minimum absolute atomic E-state index is 0.151. The van der Waals surface area contributed by atoms with Gasteiger partial charge in [0.2, 0.25) is 0 Å². The van der Waals surface area contributed by atoms with E-state index in [1.54, 1.807) is 6.92 Å². The zero-order valence-electron chi connectivity index (χ0n) is 17.2. The van der Waals surface area contributed by atoms with Crippen molar-refractivity contribution >= 4 is 20.2 Å². The Hall–Kier alpha value is -1.54. The number of carbonyl (C=O) groups excluding carboxylic acids is 2. The van der Waals surface area contributed by atoms with Crippen molar-refractivity contribution in [3.63, 3.8) is 0 Å². The molecule has 0 amide bonds. The summed E-state index contributed by atoms with van der Waals surface area (Å²) in [5, 5.41) is -1.41. The first-order valence-electron chi connectivity index (χ1n) is 9.09. The molecule has 144 valence electrons. The summed E-state index contributed by atoms with van der Waals surface area (Å²) in [5.74, 6) is -1.47. The van der Waals surface area contributed by atoms with E-state index in [1.807, 2.05) is 60.6 Å². The molecule has 0 N–H and O–H groups in total. The van der Waals surface area contributed by atoms with Crippen LogP contribution in [-0.4, -0.2) is 23.5 Å². The second kappa shape index (κ2) is 8.90. The molecule has 0 aliphatic carbocycles. The van der Waals surface area contributed by atoms with Gasteiger partial charge in [0.05, 0.1) is 12.5 Å². The first-order valence-corrected chi connectivity index (χ1v) is 9.90. The van der Waals surface area contributed by atoms with Crippen LogP contribution in [0.3, 0.4) is 0 Å². The highest BCUT2D eigenvalue weighted by atomic mass is 31.1. The van der Waals surface area contributed by atoms with E-state index in [-0.39, 0.29) is 24.2 Å². The lowest BCUT2D eigenvalue weighted by molar-refractivity contribution is -0.149. The highest BCUT2D eigenvalue weighted by molar-refractivity contribution is 7.27. The normalized spacial score (nSPS) is 15.2. The summed E-state index contributed by atoms with van der Waals surface area (Å²) in [6, 6.07) is 3.92. The third-order valence-electron chi connectivity index (χ3n) is 4.63. The number of aryl methyl sites for hydroxylation is 3. The lowest BCUT2D eigenvalue weighted by Crippen LogP contribution is -2.46. The monoisotopic (exact) mass is 378 g/mol. The topological polar surface area (TPSA) is 60.4 Å². The van der Waals surface area contributed by atoms with Gasteiger partial charge in [0.15, 0.2) is 19.4 Å². The van der Waals surface area contributed by atoms with Crippen LogP contribution in [0.1, 0.15) is 61.7 Å². The van der Waals surface area contributed by atoms with E-state index < -0.39 is 25.5 Å². The summed E-state index contributed by atoms with van der Waals surface area (Å²) in [4.78, 5) is 26.2. The van der Waals surface area contributed by atoms with Crippen LogP contribution >= 0.6 is 8.46 Å². The number of Topliss-reactive ketones (excluding diaryl/α,β-unsaturated/α-hetero) is 1. The lowest BCUT2D eigenvalue weighted by atomic mass is 9.76. The van der Waals surface area contributed by atoms with E-state index in [0.717, 1.165) is 16.7 Å². The predicted octanol–water partition coefficient (Wildman–Crippen LogP) is 5.32. The zero-order valence-corrected chi connectivity index (χ0v) is 18.1. The van der Waals surface area contributed by atoms with Gasteiger partial charge < -0.3 is 4.74 Å². The average molecular weight is 378 g/mol. The summed E-state index contributed by atoms with van der Waals surface area (Å²) < 4.78 is 17.4. The number of rotatable bonds is 8. The number of esters is 1. The van der Waals surface area contributed by atoms with E-state index in [0.29, 0.717) is 5.56 Å². The SMILES string of the molecule is Cc1cc(C)c(C(=O)C(C(C)C)C(C)(P=O)C(=O)OCC(C)C)c(C)c1. The zero-order chi connectivity index (χ0) is 20.2. The fourth-order valence-corrected chi connectivity index (χ4v) is 4.21. The van der Waals surface area contributed by atoms with Gasteiger partial charge in [0.25, 0.3) is 0 Å². The minimum atomic E-state index is -1.41. The molecule has 1 aromatic rings. The molecular weight excluding hydrogens is 347 g/mol. The average Bonchev–Trinajstić information content (AvgIpc) is 2.50. The maximum Gasteiger partial charge on any atom is 0.324 e. The van der Waals surface area contributed by atoms with Gasteiger partial charge in [-0.3, -0.25) is 14.2 Å². The Morgan fingerprint density at radius 1 is 1.08 bits per heavy atom. The molecule has 5 heteroatoms. The van der Waals surface area contributed by atoms with Crippen LogP contribution in [0.4, 0.5) is 0 Å². The van der Waals surface area contributed by atoms with E-state index in [9.17, 15) is 14.2 Å². The van der Waals surface area contributed by atoms with Crippen molar-refractivity contribution in [2.45, 2.75) is 60.5 Å². The molecule has 0 saturated heterocycles. The van der Waals surface area contributed by atoms with Crippen molar-refractivity contribution in [3.8, 4) is 0 Å². The van der Waals surface area contributed by atoms with Crippen molar-refractivity contribution in [2.24, 2.45) is 17.8 Å². The van der Waals surface area contributed by atoms with Crippen LogP contribution < -0.4 is 0 Å². The summed E-state index contributed by atoms with van der Waals surface area (Å²) in [5.41, 5.74) is 3.44. The molecule has 2 unspecified atom stereocenters. The lowest BCUT2D eigenvalue weighted by Gasteiger charge is -2.32. The fraction of sp³-hybridized carbons (Fsp3) is 0.619. The Morgan fingerprint density at radius 3 is 1.96 bits per heavy atom. The van der Waals surface area contributed by atoms with Crippen LogP contribution in [0.5, 0.6) is 0 Å². The molecule has 0 bridgehead atoms. The van der Waals surface area contributed by atoms with Gasteiger partial charge in [-0.2, -0.15) is 0 Å². The van der Waals surface area contributed by atoms with Crippen molar-refractivity contribution in [1.82, 2.24) is 0 Å². The summed E-state index contributed by atoms with van der Waals surface area (Å²) >= 11 is 0. The standard InChI is InChI=1S/C21H31O4P/c1-12(2)11-25-20(23)21(8,26-24)18(13(3)4)19(22)17-15(6)9-14(5)10-16(17)7/h9-10,12-13,18H,11H2,1-8H3. The van der Waals surface area contributed by atoms with Crippen LogP contribution in [0.2, 0.25) is 0 Å². The van der Waals surface area contributed by atoms with E-state index in [2.05, 4.69) is 0 Å². The number of ether oxygens (including phenoxy) is 1. The van der Waals surface area contributed by atoms with Gasteiger partial charge in [0.1, 0.15) is 0 Å². The van der Waals surface area contributed by atoms with Gasteiger partial charge in [-0.15, -0.1) is 0 Å². The van der Waals surface area contributed by atoms with E-state index >= 15 is 0 Å². The molecule has 26 heavy (non-hydrogen) atoms. The quantitative estimate of drug-likeness (QED) is 0.349.